The fraction of sp³-hybridized carbons (Fsp3) is 0.0769. The van der Waals surface area contributed by atoms with Crippen molar-refractivity contribution in [2.24, 2.45) is 0 Å². The standard InChI is InChI=1S/C13H9Cl2F2N/c14-10-2-1-3-11(15)9(10)7-18-13-6-8(16)4-5-12(13)17/h1-6,18H,7H2. The topological polar surface area (TPSA) is 12.0 Å². The fourth-order valence-corrected chi connectivity index (χ4v) is 2.05. The van der Waals surface area contributed by atoms with E-state index in [9.17, 15) is 8.78 Å². The Balaban J connectivity index is 2.19. The van der Waals surface area contributed by atoms with Crippen LogP contribution in [0.15, 0.2) is 36.4 Å². The summed E-state index contributed by atoms with van der Waals surface area (Å²) in [4.78, 5) is 0. The lowest BCUT2D eigenvalue weighted by Crippen LogP contribution is -2.03. The first-order valence-electron chi connectivity index (χ1n) is 5.20. The molecule has 1 nitrogen and oxygen atoms in total. The maximum absolute atomic E-state index is 13.4. The molecule has 0 amide bonds. The molecule has 0 saturated carbocycles. The van der Waals surface area contributed by atoms with Crippen molar-refractivity contribution in [1.82, 2.24) is 0 Å². The van der Waals surface area contributed by atoms with Crippen molar-refractivity contribution < 1.29 is 8.78 Å². The van der Waals surface area contributed by atoms with E-state index in [1.54, 1.807) is 18.2 Å². The SMILES string of the molecule is Fc1ccc(F)c(NCc2c(Cl)cccc2Cl)c1. The molecule has 0 aliphatic carbocycles. The van der Waals surface area contributed by atoms with Crippen LogP contribution in [-0.2, 0) is 6.54 Å². The van der Waals surface area contributed by atoms with Crippen LogP contribution in [0.2, 0.25) is 10.0 Å². The van der Waals surface area contributed by atoms with Crippen LogP contribution in [-0.4, -0.2) is 0 Å². The van der Waals surface area contributed by atoms with Crippen molar-refractivity contribution in [2.45, 2.75) is 6.54 Å². The van der Waals surface area contributed by atoms with Crippen LogP contribution in [0, 0.1) is 11.6 Å². The smallest absolute Gasteiger partial charge is 0.146 e. The Morgan fingerprint density at radius 2 is 1.67 bits per heavy atom. The number of nitrogens with one attached hydrogen (secondary N) is 1. The maximum atomic E-state index is 13.4. The summed E-state index contributed by atoms with van der Waals surface area (Å²) < 4.78 is 26.4. The molecule has 0 bridgehead atoms. The Kier molecular flexibility index (Phi) is 4.04. The van der Waals surface area contributed by atoms with E-state index in [-0.39, 0.29) is 12.2 Å². The van der Waals surface area contributed by atoms with Crippen LogP contribution in [0.4, 0.5) is 14.5 Å². The summed E-state index contributed by atoms with van der Waals surface area (Å²) in [5, 5.41) is 3.72. The number of anilines is 1. The van der Waals surface area contributed by atoms with Gasteiger partial charge in [-0.15, -0.1) is 0 Å². The number of hydrogen-bond acceptors (Lipinski definition) is 1. The third-order valence-electron chi connectivity index (χ3n) is 2.45. The second-order valence-corrected chi connectivity index (χ2v) is 4.49. The van der Waals surface area contributed by atoms with Crippen LogP contribution in [0.5, 0.6) is 0 Å². The van der Waals surface area contributed by atoms with Crippen molar-refractivity contribution in [3.8, 4) is 0 Å². The van der Waals surface area contributed by atoms with Gasteiger partial charge in [-0.05, 0) is 30.3 Å². The molecule has 2 aromatic rings. The zero-order valence-electron chi connectivity index (χ0n) is 9.18. The lowest BCUT2D eigenvalue weighted by molar-refractivity contribution is 0.602. The summed E-state index contributed by atoms with van der Waals surface area (Å²) in [5.74, 6) is -1.04. The molecule has 0 fully saturated rings. The summed E-state index contributed by atoms with van der Waals surface area (Å²) >= 11 is 11.9. The number of benzene rings is 2. The van der Waals surface area contributed by atoms with Gasteiger partial charge in [0, 0.05) is 22.2 Å². The van der Waals surface area contributed by atoms with Crippen molar-refractivity contribution in [3.05, 3.63) is 63.6 Å². The highest BCUT2D eigenvalue weighted by Crippen LogP contribution is 2.25. The first-order chi connectivity index (χ1) is 8.58. The minimum Gasteiger partial charge on any atom is -0.378 e. The predicted molar refractivity (Wildman–Crippen MR) is 70.1 cm³/mol. The molecule has 5 heteroatoms. The molecule has 0 heterocycles. The number of halogens is 4. The van der Waals surface area contributed by atoms with Crippen LogP contribution in [0.3, 0.4) is 0 Å². The number of hydrogen-bond donors (Lipinski definition) is 1. The Morgan fingerprint density at radius 3 is 2.33 bits per heavy atom. The van der Waals surface area contributed by atoms with Gasteiger partial charge in [-0.3, -0.25) is 0 Å². The van der Waals surface area contributed by atoms with Gasteiger partial charge in [-0.2, -0.15) is 0 Å². The van der Waals surface area contributed by atoms with E-state index in [0.29, 0.717) is 15.6 Å². The van der Waals surface area contributed by atoms with E-state index >= 15 is 0 Å². The number of rotatable bonds is 3. The van der Waals surface area contributed by atoms with Gasteiger partial charge in [0.15, 0.2) is 0 Å². The molecule has 2 rings (SSSR count). The Hall–Kier alpha value is -1.32. The second kappa shape index (κ2) is 5.55. The molecule has 0 aliphatic rings. The van der Waals surface area contributed by atoms with Gasteiger partial charge >= 0.3 is 0 Å². The highest BCUT2D eigenvalue weighted by molar-refractivity contribution is 6.36. The molecule has 1 N–H and O–H groups in total. The minimum atomic E-state index is -0.528. The van der Waals surface area contributed by atoms with Gasteiger partial charge in [0.1, 0.15) is 11.6 Å². The van der Waals surface area contributed by atoms with Crippen LogP contribution >= 0.6 is 23.2 Å². The van der Waals surface area contributed by atoms with Gasteiger partial charge in [-0.25, -0.2) is 8.78 Å². The summed E-state index contributed by atoms with van der Waals surface area (Å²) in [7, 11) is 0. The monoisotopic (exact) mass is 287 g/mol. The molecule has 0 atom stereocenters. The van der Waals surface area contributed by atoms with E-state index in [0.717, 1.165) is 18.2 Å². The summed E-state index contributed by atoms with van der Waals surface area (Å²) in [6, 6.07) is 8.30. The zero-order valence-corrected chi connectivity index (χ0v) is 10.7. The minimum absolute atomic E-state index is 0.0750. The van der Waals surface area contributed by atoms with Crippen molar-refractivity contribution >= 4 is 28.9 Å². The molecule has 0 unspecified atom stereocenters. The lowest BCUT2D eigenvalue weighted by Gasteiger charge is -2.10. The van der Waals surface area contributed by atoms with E-state index in [1.807, 2.05) is 0 Å². The summed E-state index contributed by atoms with van der Waals surface area (Å²) in [5.41, 5.74) is 0.718. The van der Waals surface area contributed by atoms with Gasteiger partial charge < -0.3 is 5.32 Å². The van der Waals surface area contributed by atoms with Crippen molar-refractivity contribution in [1.29, 1.82) is 0 Å². The van der Waals surface area contributed by atoms with E-state index in [2.05, 4.69) is 5.32 Å². The van der Waals surface area contributed by atoms with E-state index in [1.165, 1.54) is 0 Å². The largest absolute Gasteiger partial charge is 0.378 e. The van der Waals surface area contributed by atoms with E-state index in [4.69, 9.17) is 23.2 Å². The Bertz CT molecular complexity index is 553. The highest BCUT2D eigenvalue weighted by atomic mass is 35.5. The van der Waals surface area contributed by atoms with Crippen LogP contribution < -0.4 is 5.32 Å². The van der Waals surface area contributed by atoms with Gasteiger partial charge in [0.25, 0.3) is 0 Å². The predicted octanol–water partition coefficient (Wildman–Crippen LogP) is 4.88. The third kappa shape index (κ3) is 2.92. The second-order valence-electron chi connectivity index (χ2n) is 3.68. The molecular formula is C13H9Cl2F2N. The molecular weight excluding hydrogens is 279 g/mol. The molecule has 94 valence electrons. The van der Waals surface area contributed by atoms with Crippen LogP contribution in [0.1, 0.15) is 5.56 Å². The maximum Gasteiger partial charge on any atom is 0.146 e. The molecule has 0 aromatic heterocycles. The molecule has 0 aliphatic heterocycles. The van der Waals surface area contributed by atoms with Crippen LogP contribution in [0.25, 0.3) is 0 Å². The normalized spacial score (nSPS) is 10.4. The van der Waals surface area contributed by atoms with Gasteiger partial charge in [0.05, 0.1) is 5.69 Å². The highest BCUT2D eigenvalue weighted by Gasteiger charge is 2.07. The molecule has 0 spiro atoms. The lowest BCUT2D eigenvalue weighted by atomic mass is 10.2. The molecule has 18 heavy (non-hydrogen) atoms. The average molecular weight is 288 g/mol. The van der Waals surface area contributed by atoms with E-state index < -0.39 is 11.6 Å². The van der Waals surface area contributed by atoms with Crippen molar-refractivity contribution in [2.75, 3.05) is 5.32 Å². The Labute approximate surface area is 113 Å². The zero-order chi connectivity index (χ0) is 13.1. The first kappa shape index (κ1) is 13.1. The molecule has 0 saturated heterocycles. The summed E-state index contributed by atoms with van der Waals surface area (Å²) in [6.07, 6.45) is 0. The average Bonchev–Trinajstić information content (AvgIpc) is 2.33. The molecule has 0 radical (unpaired) electrons. The summed E-state index contributed by atoms with van der Waals surface area (Å²) in [6.45, 7) is 0.221. The van der Waals surface area contributed by atoms with Gasteiger partial charge in [-0.1, -0.05) is 29.3 Å². The third-order valence-corrected chi connectivity index (χ3v) is 3.15. The molecule has 2 aromatic carbocycles. The Morgan fingerprint density at radius 1 is 1.00 bits per heavy atom. The van der Waals surface area contributed by atoms with Crippen molar-refractivity contribution in [3.63, 3.8) is 0 Å². The van der Waals surface area contributed by atoms with Gasteiger partial charge in [0.2, 0.25) is 0 Å². The first-order valence-corrected chi connectivity index (χ1v) is 5.95. The fourth-order valence-electron chi connectivity index (χ4n) is 1.52. The quantitative estimate of drug-likeness (QED) is 0.848.